The molecule has 1 aromatic carbocycles. The van der Waals surface area contributed by atoms with E-state index in [4.69, 9.17) is 4.74 Å². The van der Waals surface area contributed by atoms with E-state index in [0.29, 0.717) is 37.0 Å². The molecule has 0 amide bonds. The van der Waals surface area contributed by atoms with Gasteiger partial charge in [0.05, 0.1) is 23.6 Å². The minimum atomic E-state index is -3.88. The minimum absolute atomic E-state index is 0.0296. The van der Waals surface area contributed by atoms with Gasteiger partial charge in [-0.3, -0.25) is 4.79 Å². The molecule has 0 unspecified atom stereocenters. The third-order valence-electron chi connectivity index (χ3n) is 4.09. The lowest BCUT2D eigenvalue weighted by Crippen LogP contribution is -2.40. The van der Waals surface area contributed by atoms with E-state index in [0.717, 1.165) is 4.31 Å². The number of carbonyl (C=O) groups is 1. The maximum absolute atomic E-state index is 12.8. The van der Waals surface area contributed by atoms with Crippen LogP contribution in [0.25, 0.3) is 11.0 Å². The van der Waals surface area contributed by atoms with Crippen LogP contribution in [0, 0.1) is 0 Å². The summed E-state index contributed by atoms with van der Waals surface area (Å²) < 4.78 is 33.2. The van der Waals surface area contributed by atoms with Crippen molar-refractivity contribution in [3.63, 3.8) is 0 Å². The Hall–Kier alpha value is -2.04. The molecule has 2 heterocycles. The van der Waals surface area contributed by atoms with Crippen LogP contribution in [0.2, 0.25) is 0 Å². The number of rotatable bonds is 6. The van der Waals surface area contributed by atoms with Crippen molar-refractivity contribution in [3.8, 4) is 0 Å². The summed E-state index contributed by atoms with van der Waals surface area (Å²) in [4.78, 5) is 11.3. The first-order chi connectivity index (χ1) is 11.4. The van der Waals surface area contributed by atoms with Gasteiger partial charge in [-0.15, -0.1) is 5.10 Å². The van der Waals surface area contributed by atoms with E-state index in [2.05, 4.69) is 10.3 Å². The first kappa shape index (κ1) is 16.8. The number of ether oxygens (including phenoxy) is 1. The Balaban J connectivity index is 1.95. The van der Waals surface area contributed by atoms with Crippen molar-refractivity contribution in [2.45, 2.75) is 30.3 Å². The lowest BCUT2D eigenvalue weighted by molar-refractivity contribution is -0.140. The Kier molecular flexibility index (Phi) is 4.52. The second-order valence-corrected chi connectivity index (χ2v) is 7.46. The first-order valence-electron chi connectivity index (χ1n) is 7.52. The zero-order valence-corrected chi connectivity index (χ0v) is 13.9. The van der Waals surface area contributed by atoms with Gasteiger partial charge in [-0.25, -0.2) is 13.1 Å². The summed E-state index contributed by atoms with van der Waals surface area (Å²) in [6, 6.07) is 3.51. The number of hydrogen-bond acceptors (Lipinski definition) is 6. The van der Waals surface area contributed by atoms with Crippen LogP contribution >= 0.6 is 0 Å². The van der Waals surface area contributed by atoms with Gasteiger partial charge in [0, 0.05) is 13.7 Å². The van der Waals surface area contributed by atoms with Crippen LogP contribution < -0.4 is 0 Å². The molecule has 10 heteroatoms. The maximum atomic E-state index is 12.8. The zero-order valence-electron chi connectivity index (χ0n) is 13.1. The Labute approximate surface area is 138 Å². The van der Waals surface area contributed by atoms with Crippen LogP contribution in [0.3, 0.4) is 0 Å². The molecule has 0 aliphatic carbocycles. The Bertz CT molecular complexity index is 863. The van der Waals surface area contributed by atoms with Gasteiger partial charge >= 0.3 is 5.97 Å². The normalized spacial score (nSPS) is 19.1. The number of nitrogens with zero attached hydrogens (tertiary/aromatic N) is 4. The summed E-state index contributed by atoms with van der Waals surface area (Å²) in [5, 5.41) is 17.2. The molecule has 9 nitrogen and oxygen atoms in total. The molecule has 130 valence electrons. The average Bonchev–Trinajstić information content (AvgIpc) is 3.19. The Morgan fingerprint density at radius 2 is 2.25 bits per heavy atom. The molecule has 2 aromatic rings. The average molecular weight is 354 g/mol. The van der Waals surface area contributed by atoms with Gasteiger partial charge in [-0.1, -0.05) is 5.21 Å². The van der Waals surface area contributed by atoms with Crippen molar-refractivity contribution in [2.24, 2.45) is 0 Å². The Morgan fingerprint density at radius 1 is 1.46 bits per heavy atom. The SMILES string of the molecule is COCCn1nnc2cc(S(=O)(=O)N3CCC[C@@H]3C(=O)O)ccc21. The number of aliphatic carboxylic acids is 1. The number of carboxylic acids is 1. The third-order valence-corrected chi connectivity index (χ3v) is 5.99. The van der Waals surface area contributed by atoms with E-state index >= 15 is 0 Å². The second-order valence-electron chi connectivity index (χ2n) is 5.57. The molecule has 1 atom stereocenters. The fraction of sp³-hybridized carbons (Fsp3) is 0.500. The first-order valence-corrected chi connectivity index (χ1v) is 8.96. The minimum Gasteiger partial charge on any atom is -0.480 e. The Morgan fingerprint density at radius 3 is 2.96 bits per heavy atom. The van der Waals surface area contributed by atoms with Crippen LogP contribution in [-0.2, 0) is 26.1 Å². The van der Waals surface area contributed by atoms with Gasteiger partial charge in [-0.2, -0.15) is 4.31 Å². The molecule has 1 saturated heterocycles. The topological polar surface area (TPSA) is 115 Å². The van der Waals surface area contributed by atoms with E-state index in [-0.39, 0.29) is 11.4 Å². The van der Waals surface area contributed by atoms with Crippen LogP contribution in [0.15, 0.2) is 23.1 Å². The molecule has 1 aliphatic rings. The maximum Gasteiger partial charge on any atom is 0.322 e. The monoisotopic (exact) mass is 354 g/mol. The molecular formula is C14H18N4O5S. The summed E-state index contributed by atoms with van der Waals surface area (Å²) in [7, 11) is -2.30. The summed E-state index contributed by atoms with van der Waals surface area (Å²) >= 11 is 0. The predicted octanol–water partition coefficient (Wildman–Crippen LogP) is 0.315. The highest BCUT2D eigenvalue weighted by Crippen LogP contribution is 2.27. The van der Waals surface area contributed by atoms with E-state index in [1.54, 1.807) is 17.9 Å². The molecule has 1 aliphatic heterocycles. The largest absolute Gasteiger partial charge is 0.480 e. The van der Waals surface area contributed by atoms with Crippen molar-refractivity contribution >= 4 is 27.0 Å². The predicted molar refractivity (Wildman–Crippen MR) is 84.0 cm³/mol. The molecule has 1 N–H and O–H groups in total. The molecule has 0 spiro atoms. The number of benzene rings is 1. The quantitative estimate of drug-likeness (QED) is 0.794. The summed E-state index contributed by atoms with van der Waals surface area (Å²) in [5.74, 6) is -1.12. The summed E-state index contributed by atoms with van der Waals surface area (Å²) in [5.41, 5.74) is 1.14. The van der Waals surface area contributed by atoms with Crippen molar-refractivity contribution in [1.82, 2.24) is 19.3 Å². The lowest BCUT2D eigenvalue weighted by Gasteiger charge is -2.20. The molecule has 3 rings (SSSR count). The van der Waals surface area contributed by atoms with Gasteiger partial charge < -0.3 is 9.84 Å². The molecule has 0 saturated carbocycles. The third kappa shape index (κ3) is 2.87. The fourth-order valence-corrected chi connectivity index (χ4v) is 4.54. The van der Waals surface area contributed by atoms with Gasteiger partial charge in [0.25, 0.3) is 0 Å². The van der Waals surface area contributed by atoms with E-state index in [1.165, 1.54) is 12.1 Å². The lowest BCUT2D eigenvalue weighted by atomic mass is 10.2. The standard InChI is InChI=1S/C14H18N4O5S/c1-23-8-7-17-12-5-4-10(9-11(12)15-16-17)24(21,22)18-6-2-3-13(18)14(19)20/h4-5,9,13H,2-3,6-8H2,1H3,(H,19,20)/t13-/m1/s1. The second kappa shape index (κ2) is 6.46. The van der Waals surface area contributed by atoms with Crippen molar-refractivity contribution in [2.75, 3.05) is 20.3 Å². The number of carboxylic acid groups (broad SMARTS) is 1. The summed E-state index contributed by atoms with van der Waals surface area (Å²) in [6.07, 6.45) is 0.857. The highest BCUT2D eigenvalue weighted by atomic mass is 32.2. The van der Waals surface area contributed by atoms with Crippen molar-refractivity contribution < 1.29 is 23.1 Å². The number of sulfonamides is 1. The molecular weight excluding hydrogens is 336 g/mol. The van der Waals surface area contributed by atoms with Crippen LogP contribution in [0.4, 0.5) is 0 Å². The van der Waals surface area contributed by atoms with Gasteiger partial charge in [0.1, 0.15) is 11.6 Å². The van der Waals surface area contributed by atoms with Crippen LogP contribution in [0.1, 0.15) is 12.8 Å². The van der Waals surface area contributed by atoms with Gasteiger partial charge in [-0.05, 0) is 31.0 Å². The van der Waals surface area contributed by atoms with Crippen LogP contribution in [-0.4, -0.2) is 65.1 Å². The fourth-order valence-electron chi connectivity index (χ4n) is 2.87. The smallest absolute Gasteiger partial charge is 0.322 e. The highest BCUT2D eigenvalue weighted by Gasteiger charge is 2.39. The van der Waals surface area contributed by atoms with E-state index < -0.39 is 22.0 Å². The van der Waals surface area contributed by atoms with Crippen molar-refractivity contribution in [1.29, 1.82) is 0 Å². The number of hydrogen-bond donors (Lipinski definition) is 1. The van der Waals surface area contributed by atoms with Crippen LogP contribution in [0.5, 0.6) is 0 Å². The van der Waals surface area contributed by atoms with E-state index in [1.807, 2.05) is 0 Å². The number of fused-ring (bicyclic) bond motifs is 1. The molecule has 0 radical (unpaired) electrons. The summed E-state index contributed by atoms with van der Waals surface area (Å²) in [6.45, 7) is 1.18. The zero-order chi connectivity index (χ0) is 17.3. The highest BCUT2D eigenvalue weighted by molar-refractivity contribution is 7.89. The van der Waals surface area contributed by atoms with Crippen molar-refractivity contribution in [3.05, 3.63) is 18.2 Å². The van der Waals surface area contributed by atoms with Gasteiger partial charge in [0.15, 0.2) is 0 Å². The molecule has 24 heavy (non-hydrogen) atoms. The van der Waals surface area contributed by atoms with Gasteiger partial charge in [0.2, 0.25) is 10.0 Å². The molecule has 1 aromatic heterocycles. The number of methoxy groups -OCH3 is 1. The molecule has 0 bridgehead atoms. The van der Waals surface area contributed by atoms with E-state index in [9.17, 15) is 18.3 Å². The molecule has 1 fully saturated rings. The number of aromatic nitrogens is 3.